The molecule has 2 rings (SSSR count). The van der Waals surface area contributed by atoms with E-state index in [0.29, 0.717) is 12.5 Å². The SMILES string of the molecule is CCOC1(C(NC)c2nccnc2OC)CCCCCC1. The molecule has 1 aromatic heterocycles. The summed E-state index contributed by atoms with van der Waals surface area (Å²) >= 11 is 0. The lowest BCUT2D eigenvalue weighted by Gasteiger charge is -2.39. The lowest BCUT2D eigenvalue weighted by molar-refractivity contribution is -0.0780. The molecule has 1 aromatic rings. The van der Waals surface area contributed by atoms with Crippen LogP contribution in [0.5, 0.6) is 5.88 Å². The van der Waals surface area contributed by atoms with Crippen LogP contribution in [-0.2, 0) is 4.74 Å². The number of nitrogens with one attached hydrogen (secondary N) is 1. The first-order chi connectivity index (χ1) is 10.3. The molecular weight excluding hydrogens is 266 g/mol. The zero-order chi connectivity index (χ0) is 15.1. The van der Waals surface area contributed by atoms with Crippen LogP contribution in [0.4, 0.5) is 0 Å². The van der Waals surface area contributed by atoms with Gasteiger partial charge in [-0.3, -0.25) is 4.98 Å². The molecule has 0 bridgehead atoms. The minimum Gasteiger partial charge on any atom is -0.480 e. The number of ether oxygens (including phenoxy) is 2. The topological polar surface area (TPSA) is 56.3 Å². The average Bonchev–Trinajstić information content (AvgIpc) is 2.75. The van der Waals surface area contributed by atoms with E-state index >= 15 is 0 Å². The predicted molar refractivity (Wildman–Crippen MR) is 82.4 cm³/mol. The van der Waals surface area contributed by atoms with E-state index in [1.165, 1.54) is 25.7 Å². The van der Waals surface area contributed by atoms with E-state index in [2.05, 4.69) is 22.2 Å². The van der Waals surface area contributed by atoms with E-state index in [-0.39, 0.29) is 11.6 Å². The van der Waals surface area contributed by atoms with Crippen molar-refractivity contribution in [1.82, 2.24) is 15.3 Å². The largest absolute Gasteiger partial charge is 0.480 e. The number of rotatable bonds is 6. The highest BCUT2D eigenvalue weighted by atomic mass is 16.5. The minimum absolute atomic E-state index is 0.000741. The Hall–Kier alpha value is -1.20. The summed E-state index contributed by atoms with van der Waals surface area (Å²) in [5.74, 6) is 0.583. The van der Waals surface area contributed by atoms with Crippen LogP contribution in [0.1, 0.15) is 57.2 Å². The summed E-state index contributed by atoms with van der Waals surface area (Å²) in [6.45, 7) is 2.77. The highest BCUT2D eigenvalue weighted by Gasteiger charge is 2.42. The Balaban J connectivity index is 2.38. The fourth-order valence-corrected chi connectivity index (χ4v) is 3.47. The second-order valence-electron chi connectivity index (χ2n) is 5.58. The van der Waals surface area contributed by atoms with Gasteiger partial charge in [0, 0.05) is 19.0 Å². The zero-order valence-corrected chi connectivity index (χ0v) is 13.4. The predicted octanol–water partition coefficient (Wildman–Crippen LogP) is 2.88. The average molecular weight is 293 g/mol. The molecule has 0 radical (unpaired) electrons. The third-order valence-electron chi connectivity index (χ3n) is 4.35. The van der Waals surface area contributed by atoms with Crippen molar-refractivity contribution in [3.05, 3.63) is 18.1 Å². The van der Waals surface area contributed by atoms with Gasteiger partial charge in [-0.05, 0) is 26.8 Å². The minimum atomic E-state index is -0.219. The van der Waals surface area contributed by atoms with Crippen molar-refractivity contribution in [3.63, 3.8) is 0 Å². The quantitative estimate of drug-likeness (QED) is 0.817. The Morgan fingerprint density at radius 2 is 1.86 bits per heavy atom. The fourth-order valence-electron chi connectivity index (χ4n) is 3.47. The molecule has 1 aliphatic carbocycles. The summed E-state index contributed by atoms with van der Waals surface area (Å²) in [5, 5.41) is 3.41. The molecule has 5 nitrogen and oxygen atoms in total. The highest BCUT2D eigenvalue weighted by molar-refractivity contribution is 5.24. The third-order valence-corrected chi connectivity index (χ3v) is 4.35. The van der Waals surface area contributed by atoms with Crippen molar-refractivity contribution in [2.24, 2.45) is 0 Å². The van der Waals surface area contributed by atoms with E-state index in [0.717, 1.165) is 18.5 Å². The van der Waals surface area contributed by atoms with E-state index in [1.54, 1.807) is 19.5 Å². The molecule has 0 aliphatic heterocycles. The molecule has 21 heavy (non-hydrogen) atoms. The molecule has 0 saturated heterocycles. The second-order valence-corrected chi connectivity index (χ2v) is 5.58. The van der Waals surface area contributed by atoms with Gasteiger partial charge in [-0.1, -0.05) is 25.7 Å². The number of methoxy groups -OCH3 is 1. The Labute approximate surface area is 127 Å². The van der Waals surface area contributed by atoms with Crippen molar-refractivity contribution in [1.29, 1.82) is 0 Å². The van der Waals surface area contributed by atoms with Crippen LogP contribution in [0.25, 0.3) is 0 Å². The van der Waals surface area contributed by atoms with E-state index < -0.39 is 0 Å². The summed E-state index contributed by atoms with van der Waals surface area (Å²) in [6, 6.07) is -0.000741. The molecule has 1 N–H and O–H groups in total. The van der Waals surface area contributed by atoms with Gasteiger partial charge in [-0.15, -0.1) is 0 Å². The normalized spacial score (nSPS) is 19.8. The second kappa shape index (κ2) is 7.71. The maximum Gasteiger partial charge on any atom is 0.237 e. The van der Waals surface area contributed by atoms with Gasteiger partial charge < -0.3 is 14.8 Å². The molecular formula is C16H27N3O2. The number of likely N-dealkylation sites (N-methyl/N-ethyl adjacent to an activating group) is 1. The Bertz CT molecular complexity index is 431. The molecule has 1 atom stereocenters. The first kappa shape index (κ1) is 16.2. The van der Waals surface area contributed by atoms with Crippen LogP contribution < -0.4 is 10.1 Å². The van der Waals surface area contributed by atoms with Gasteiger partial charge in [-0.2, -0.15) is 0 Å². The Kier molecular flexibility index (Phi) is 5.94. The summed E-state index contributed by atoms with van der Waals surface area (Å²) in [6.07, 6.45) is 10.4. The van der Waals surface area contributed by atoms with E-state index in [4.69, 9.17) is 9.47 Å². The van der Waals surface area contributed by atoms with Crippen molar-refractivity contribution in [2.45, 2.75) is 57.1 Å². The molecule has 1 saturated carbocycles. The molecule has 0 aromatic carbocycles. The molecule has 118 valence electrons. The van der Waals surface area contributed by atoms with Crippen molar-refractivity contribution >= 4 is 0 Å². The van der Waals surface area contributed by atoms with Gasteiger partial charge in [-0.25, -0.2) is 4.98 Å². The molecule has 1 unspecified atom stereocenters. The van der Waals surface area contributed by atoms with Crippen molar-refractivity contribution in [2.75, 3.05) is 20.8 Å². The Morgan fingerprint density at radius 1 is 1.19 bits per heavy atom. The van der Waals surface area contributed by atoms with E-state index in [1.807, 2.05) is 7.05 Å². The fraction of sp³-hybridized carbons (Fsp3) is 0.750. The number of hydrogen-bond acceptors (Lipinski definition) is 5. The van der Waals surface area contributed by atoms with Gasteiger partial charge >= 0.3 is 0 Å². The molecule has 0 spiro atoms. The van der Waals surface area contributed by atoms with Crippen LogP contribution in [-0.4, -0.2) is 36.3 Å². The molecule has 1 aliphatic rings. The maximum absolute atomic E-state index is 6.27. The summed E-state index contributed by atoms with van der Waals surface area (Å²) in [4.78, 5) is 8.82. The van der Waals surface area contributed by atoms with Crippen molar-refractivity contribution in [3.8, 4) is 5.88 Å². The number of nitrogens with zero attached hydrogens (tertiary/aromatic N) is 2. The Morgan fingerprint density at radius 3 is 2.43 bits per heavy atom. The lowest BCUT2D eigenvalue weighted by Crippen LogP contribution is -2.45. The van der Waals surface area contributed by atoms with Gasteiger partial charge in [0.15, 0.2) is 0 Å². The zero-order valence-electron chi connectivity index (χ0n) is 13.4. The van der Waals surface area contributed by atoms with Gasteiger partial charge in [0.05, 0.1) is 18.8 Å². The van der Waals surface area contributed by atoms with Crippen molar-refractivity contribution < 1.29 is 9.47 Å². The smallest absolute Gasteiger partial charge is 0.237 e. The van der Waals surface area contributed by atoms with Crippen LogP contribution in [0.3, 0.4) is 0 Å². The van der Waals surface area contributed by atoms with Crippen LogP contribution in [0.15, 0.2) is 12.4 Å². The summed E-state index contributed by atoms with van der Waals surface area (Å²) in [7, 11) is 3.60. The standard InChI is InChI=1S/C16H27N3O2/c1-4-21-16(9-7-5-6-8-10-16)14(17-2)13-15(20-3)19-12-11-18-13/h11-12,14,17H,4-10H2,1-3H3. The lowest BCUT2D eigenvalue weighted by atomic mass is 9.84. The third kappa shape index (κ3) is 3.52. The highest BCUT2D eigenvalue weighted by Crippen LogP contribution is 2.41. The molecule has 5 heteroatoms. The van der Waals surface area contributed by atoms with Gasteiger partial charge in [0.2, 0.25) is 5.88 Å². The number of aromatic nitrogens is 2. The first-order valence-corrected chi connectivity index (χ1v) is 7.93. The monoisotopic (exact) mass is 293 g/mol. The first-order valence-electron chi connectivity index (χ1n) is 7.93. The summed E-state index contributed by atoms with van der Waals surface area (Å²) < 4.78 is 11.7. The van der Waals surface area contributed by atoms with Gasteiger partial charge in [0.1, 0.15) is 5.69 Å². The summed E-state index contributed by atoms with van der Waals surface area (Å²) in [5.41, 5.74) is 0.626. The van der Waals surface area contributed by atoms with E-state index in [9.17, 15) is 0 Å². The number of hydrogen-bond donors (Lipinski definition) is 1. The molecule has 1 fully saturated rings. The molecule has 1 heterocycles. The van der Waals surface area contributed by atoms with Crippen LogP contribution >= 0.6 is 0 Å². The van der Waals surface area contributed by atoms with Crippen LogP contribution in [0, 0.1) is 0 Å². The molecule has 0 amide bonds. The van der Waals surface area contributed by atoms with Crippen LogP contribution in [0.2, 0.25) is 0 Å². The maximum atomic E-state index is 6.27. The van der Waals surface area contributed by atoms with Gasteiger partial charge in [0.25, 0.3) is 0 Å².